The van der Waals surface area contributed by atoms with E-state index in [0.29, 0.717) is 6.54 Å². The maximum atomic E-state index is 5.57. The highest BCUT2D eigenvalue weighted by Gasteiger charge is 2.13. The molecule has 2 aromatic rings. The van der Waals surface area contributed by atoms with E-state index in [2.05, 4.69) is 18.1 Å². The Morgan fingerprint density at radius 1 is 1.35 bits per heavy atom. The van der Waals surface area contributed by atoms with E-state index in [-0.39, 0.29) is 0 Å². The van der Waals surface area contributed by atoms with Crippen LogP contribution in [-0.4, -0.2) is 23.4 Å². The van der Waals surface area contributed by atoms with Gasteiger partial charge in [-0.25, -0.2) is 4.68 Å². The lowest BCUT2D eigenvalue weighted by Gasteiger charge is -2.10. The summed E-state index contributed by atoms with van der Waals surface area (Å²) in [4.78, 5) is 0. The Labute approximate surface area is 101 Å². The molecular formula is C13H17N3O. The van der Waals surface area contributed by atoms with Gasteiger partial charge < -0.3 is 10.5 Å². The number of nitrogens with zero attached hydrogens (tertiary/aromatic N) is 2. The van der Waals surface area contributed by atoms with Crippen LogP contribution in [0.25, 0.3) is 5.69 Å². The first kappa shape index (κ1) is 11.7. The molecule has 4 nitrogen and oxygen atoms in total. The summed E-state index contributed by atoms with van der Waals surface area (Å²) in [5.74, 6) is 0.768. The maximum absolute atomic E-state index is 5.57. The van der Waals surface area contributed by atoms with Crippen LogP contribution in [0.2, 0.25) is 0 Å². The molecule has 0 atom stereocenters. The van der Waals surface area contributed by atoms with Crippen LogP contribution in [0.1, 0.15) is 11.1 Å². The van der Waals surface area contributed by atoms with Crippen molar-refractivity contribution in [2.75, 3.05) is 13.7 Å². The number of hydrogen-bond acceptors (Lipinski definition) is 3. The molecule has 0 saturated carbocycles. The van der Waals surface area contributed by atoms with Crippen LogP contribution in [0.5, 0.6) is 5.88 Å². The number of hydrogen-bond donors (Lipinski definition) is 1. The molecule has 0 spiro atoms. The lowest BCUT2D eigenvalue weighted by atomic mass is 10.2. The molecule has 0 aliphatic carbocycles. The third kappa shape index (κ3) is 2.17. The van der Waals surface area contributed by atoms with Crippen molar-refractivity contribution >= 4 is 0 Å². The van der Waals surface area contributed by atoms with Crippen molar-refractivity contribution in [1.82, 2.24) is 9.78 Å². The van der Waals surface area contributed by atoms with Crippen LogP contribution < -0.4 is 10.5 Å². The van der Waals surface area contributed by atoms with Gasteiger partial charge in [-0.2, -0.15) is 5.10 Å². The number of benzene rings is 1. The van der Waals surface area contributed by atoms with E-state index < -0.39 is 0 Å². The Morgan fingerprint density at radius 3 is 2.76 bits per heavy atom. The first-order chi connectivity index (χ1) is 8.27. The van der Waals surface area contributed by atoms with Gasteiger partial charge >= 0.3 is 0 Å². The number of aromatic nitrogens is 2. The molecule has 0 amide bonds. The Kier molecular flexibility index (Phi) is 3.44. The maximum Gasteiger partial charge on any atom is 0.219 e. The number of aryl methyl sites for hydroxylation is 1. The highest BCUT2D eigenvalue weighted by molar-refractivity contribution is 5.43. The van der Waals surface area contributed by atoms with E-state index in [1.165, 1.54) is 0 Å². The molecular weight excluding hydrogens is 214 g/mol. The van der Waals surface area contributed by atoms with Crippen molar-refractivity contribution in [2.24, 2.45) is 5.73 Å². The molecule has 1 aromatic heterocycles. The molecule has 90 valence electrons. The van der Waals surface area contributed by atoms with Gasteiger partial charge in [-0.1, -0.05) is 18.2 Å². The number of nitrogens with two attached hydrogens (primary N) is 1. The van der Waals surface area contributed by atoms with Gasteiger partial charge in [0, 0.05) is 5.56 Å². The monoisotopic (exact) mass is 231 g/mol. The smallest absolute Gasteiger partial charge is 0.219 e. The zero-order chi connectivity index (χ0) is 12.3. The lowest BCUT2D eigenvalue weighted by Crippen LogP contribution is -2.05. The highest BCUT2D eigenvalue weighted by atomic mass is 16.5. The molecule has 2 N–H and O–H groups in total. The van der Waals surface area contributed by atoms with Crippen LogP contribution in [0.3, 0.4) is 0 Å². The third-order valence-corrected chi connectivity index (χ3v) is 2.75. The molecule has 0 bridgehead atoms. The van der Waals surface area contributed by atoms with Crippen LogP contribution in [0.15, 0.2) is 30.5 Å². The van der Waals surface area contributed by atoms with Crippen LogP contribution in [-0.2, 0) is 6.42 Å². The molecule has 0 aliphatic rings. The minimum absolute atomic E-state index is 0.593. The Balaban J connectivity index is 2.49. The molecule has 0 radical (unpaired) electrons. The van der Waals surface area contributed by atoms with Gasteiger partial charge in [0.25, 0.3) is 0 Å². The second-order valence-electron chi connectivity index (χ2n) is 3.92. The van der Waals surface area contributed by atoms with Crippen molar-refractivity contribution in [3.63, 3.8) is 0 Å². The fraction of sp³-hybridized carbons (Fsp3) is 0.308. The molecule has 0 fully saturated rings. The van der Waals surface area contributed by atoms with Gasteiger partial charge in [-0.15, -0.1) is 0 Å². The predicted molar refractivity (Wildman–Crippen MR) is 67.6 cm³/mol. The van der Waals surface area contributed by atoms with Crippen molar-refractivity contribution in [1.29, 1.82) is 0 Å². The molecule has 0 unspecified atom stereocenters. The van der Waals surface area contributed by atoms with Gasteiger partial charge in [-0.3, -0.25) is 0 Å². The van der Waals surface area contributed by atoms with Crippen LogP contribution in [0.4, 0.5) is 0 Å². The molecule has 1 aromatic carbocycles. The molecule has 0 aliphatic heterocycles. The minimum Gasteiger partial charge on any atom is -0.481 e. The zero-order valence-corrected chi connectivity index (χ0v) is 10.2. The van der Waals surface area contributed by atoms with Gasteiger partial charge in [0.15, 0.2) is 0 Å². The molecule has 4 heteroatoms. The van der Waals surface area contributed by atoms with E-state index in [1.807, 2.05) is 29.1 Å². The Bertz CT molecular complexity index is 505. The Hall–Kier alpha value is -1.81. The summed E-state index contributed by atoms with van der Waals surface area (Å²) in [5, 5.41) is 4.37. The van der Waals surface area contributed by atoms with Crippen molar-refractivity contribution in [2.45, 2.75) is 13.3 Å². The van der Waals surface area contributed by atoms with E-state index in [1.54, 1.807) is 7.11 Å². The lowest BCUT2D eigenvalue weighted by molar-refractivity contribution is 0.379. The highest BCUT2D eigenvalue weighted by Crippen LogP contribution is 2.24. The van der Waals surface area contributed by atoms with Crippen LogP contribution >= 0.6 is 0 Å². The van der Waals surface area contributed by atoms with Gasteiger partial charge in [0.05, 0.1) is 19.0 Å². The Morgan fingerprint density at radius 2 is 2.12 bits per heavy atom. The second-order valence-corrected chi connectivity index (χ2v) is 3.92. The van der Waals surface area contributed by atoms with Gasteiger partial charge in [-0.05, 0) is 31.5 Å². The predicted octanol–water partition coefficient (Wildman–Crippen LogP) is 1.69. The molecule has 17 heavy (non-hydrogen) atoms. The summed E-state index contributed by atoms with van der Waals surface area (Å²) in [6, 6.07) is 8.08. The molecule has 0 saturated heterocycles. The normalized spacial score (nSPS) is 10.5. The average Bonchev–Trinajstić information content (AvgIpc) is 2.73. The number of para-hydroxylation sites is 1. The fourth-order valence-electron chi connectivity index (χ4n) is 1.89. The van der Waals surface area contributed by atoms with Gasteiger partial charge in [0.2, 0.25) is 5.88 Å². The summed E-state index contributed by atoms with van der Waals surface area (Å²) >= 11 is 0. The van der Waals surface area contributed by atoms with Gasteiger partial charge in [0.1, 0.15) is 0 Å². The summed E-state index contributed by atoms with van der Waals surface area (Å²) in [5.41, 5.74) is 8.80. The topological polar surface area (TPSA) is 53.1 Å². The van der Waals surface area contributed by atoms with Crippen molar-refractivity contribution in [3.05, 3.63) is 41.6 Å². The average molecular weight is 231 g/mol. The zero-order valence-electron chi connectivity index (χ0n) is 10.2. The largest absolute Gasteiger partial charge is 0.481 e. The molecule has 1 heterocycles. The summed E-state index contributed by atoms with van der Waals surface area (Å²) in [7, 11) is 1.66. The first-order valence-corrected chi connectivity index (χ1v) is 5.65. The van der Waals surface area contributed by atoms with E-state index in [4.69, 9.17) is 10.5 Å². The standard InChI is InChI=1S/C13H17N3O/c1-10-5-3-4-6-12(10)16-13(17-2)11(7-8-14)9-15-16/h3-6,9H,7-8,14H2,1-2H3. The summed E-state index contributed by atoms with van der Waals surface area (Å²) < 4.78 is 7.24. The number of methoxy groups -OCH3 is 1. The SMILES string of the molecule is COc1c(CCN)cnn1-c1ccccc1C. The molecule has 2 rings (SSSR count). The van der Waals surface area contributed by atoms with E-state index in [0.717, 1.165) is 29.1 Å². The fourth-order valence-corrected chi connectivity index (χ4v) is 1.89. The van der Waals surface area contributed by atoms with Crippen LogP contribution in [0, 0.1) is 6.92 Å². The summed E-state index contributed by atoms with van der Waals surface area (Å²) in [6.45, 7) is 2.65. The summed E-state index contributed by atoms with van der Waals surface area (Å²) in [6.07, 6.45) is 2.59. The van der Waals surface area contributed by atoms with E-state index in [9.17, 15) is 0 Å². The third-order valence-electron chi connectivity index (χ3n) is 2.75. The van der Waals surface area contributed by atoms with Crippen molar-refractivity contribution < 1.29 is 4.74 Å². The number of ether oxygens (including phenoxy) is 1. The second kappa shape index (κ2) is 5.01. The quantitative estimate of drug-likeness (QED) is 0.871. The van der Waals surface area contributed by atoms with E-state index >= 15 is 0 Å². The van der Waals surface area contributed by atoms with Crippen molar-refractivity contribution in [3.8, 4) is 11.6 Å². The number of rotatable bonds is 4. The minimum atomic E-state index is 0.593. The first-order valence-electron chi connectivity index (χ1n) is 5.65.